The average Bonchev–Trinajstić information content (AvgIpc) is 2.25. The fourth-order valence-corrected chi connectivity index (χ4v) is 1.40. The van der Waals surface area contributed by atoms with E-state index in [4.69, 9.17) is 4.74 Å². The largest absolute Gasteiger partial charge is 0.496 e. The first-order chi connectivity index (χ1) is 7.44. The topological polar surface area (TPSA) is 21.3 Å². The fourth-order valence-electron chi connectivity index (χ4n) is 1.40. The summed E-state index contributed by atoms with van der Waals surface area (Å²) in [4.78, 5) is 0. The number of alkyl halides is 3. The SMILES string of the molecule is COc1ccccc1C(C)NCC(F)(F)F. The first-order valence-electron chi connectivity index (χ1n) is 4.87. The number of para-hydroxylation sites is 1. The van der Waals surface area contributed by atoms with Crippen LogP contribution in [0.5, 0.6) is 5.75 Å². The Morgan fingerprint density at radius 2 is 1.94 bits per heavy atom. The van der Waals surface area contributed by atoms with Crippen molar-refractivity contribution in [3.63, 3.8) is 0 Å². The van der Waals surface area contributed by atoms with Crippen LogP contribution >= 0.6 is 0 Å². The summed E-state index contributed by atoms with van der Waals surface area (Å²) in [7, 11) is 1.50. The first-order valence-corrected chi connectivity index (χ1v) is 4.87. The van der Waals surface area contributed by atoms with Gasteiger partial charge in [0.05, 0.1) is 13.7 Å². The number of hydrogen-bond acceptors (Lipinski definition) is 2. The van der Waals surface area contributed by atoms with Crippen LogP contribution in [0.25, 0.3) is 0 Å². The summed E-state index contributed by atoms with van der Waals surface area (Å²) in [6.07, 6.45) is -4.20. The standard InChI is InChI=1S/C11H14F3NO/c1-8(15-7-11(12,13)14)9-5-3-4-6-10(9)16-2/h3-6,8,15H,7H2,1-2H3. The molecule has 0 aliphatic rings. The van der Waals surface area contributed by atoms with Crippen LogP contribution in [0.3, 0.4) is 0 Å². The van der Waals surface area contributed by atoms with Gasteiger partial charge in [-0.05, 0) is 13.0 Å². The molecule has 0 heterocycles. The third-order valence-corrected chi connectivity index (χ3v) is 2.21. The van der Waals surface area contributed by atoms with E-state index >= 15 is 0 Å². The summed E-state index contributed by atoms with van der Waals surface area (Å²) in [5.41, 5.74) is 0.717. The van der Waals surface area contributed by atoms with Gasteiger partial charge in [-0.15, -0.1) is 0 Å². The number of rotatable bonds is 4. The van der Waals surface area contributed by atoms with E-state index in [9.17, 15) is 13.2 Å². The van der Waals surface area contributed by atoms with Gasteiger partial charge >= 0.3 is 6.18 Å². The van der Waals surface area contributed by atoms with E-state index in [1.165, 1.54) is 7.11 Å². The molecule has 0 bridgehead atoms. The van der Waals surface area contributed by atoms with Crippen LogP contribution in [0.15, 0.2) is 24.3 Å². The lowest BCUT2D eigenvalue weighted by atomic mass is 10.1. The Morgan fingerprint density at radius 1 is 1.31 bits per heavy atom. The first kappa shape index (κ1) is 12.8. The van der Waals surface area contributed by atoms with Gasteiger partial charge in [0.2, 0.25) is 0 Å². The van der Waals surface area contributed by atoms with Crippen molar-refractivity contribution in [3.8, 4) is 5.75 Å². The molecule has 5 heteroatoms. The van der Waals surface area contributed by atoms with Crippen LogP contribution in [0, 0.1) is 0 Å². The second-order valence-electron chi connectivity index (χ2n) is 3.46. The number of nitrogens with one attached hydrogen (secondary N) is 1. The van der Waals surface area contributed by atoms with Gasteiger partial charge < -0.3 is 10.1 Å². The van der Waals surface area contributed by atoms with Gasteiger partial charge in [-0.25, -0.2) is 0 Å². The van der Waals surface area contributed by atoms with Crippen molar-refractivity contribution >= 4 is 0 Å². The summed E-state index contributed by atoms with van der Waals surface area (Å²) in [6, 6.07) is 6.61. The van der Waals surface area contributed by atoms with Crippen molar-refractivity contribution in [1.29, 1.82) is 0 Å². The Kier molecular flexibility index (Phi) is 4.18. The molecular weight excluding hydrogens is 219 g/mol. The molecule has 0 aliphatic heterocycles. The van der Waals surface area contributed by atoms with Crippen molar-refractivity contribution in [2.24, 2.45) is 0 Å². The minimum absolute atomic E-state index is 0.405. The number of halogens is 3. The molecule has 0 saturated carbocycles. The highest BCUT2D eigenvalue weighted by Crippen LogP contribution is 2.25. The van der Waals surface area contributed by atoms with Crippen molar-refractivity contribution < 1.29 is 17.9 Å². The Labute approximate surface area is 92.4 Å². The van der Waals surface area contributed by atoms with E-state index < -0.39 is 18.8 Å². The Hall–Kier alpha value is -1.23. The molecular formula is C11H14F3NO. The molecule has 0 aliphatic carbocycles. The number of methoxy groups -OCH3 is 1. The lowest BCUT2D eigenvalue weighted by Crippen LogP contribution is -2.31. The van der Waals surface area contributed by atoms with Gasteiger partial charge in [-0.2, -0.15) is 13.2 Å². The molecule has 1 N–H and O–H groups in total. The Balaban J connectivity index is 2.69. The molecule has 0 saturated heterocycles. The predicted octanol–water partition coefficient (Wildman–Crippen LogP) is 2.91. The highest BCUT2D eigenvalue weighted by molar-refractivity contribution is 5.35. The molecule has 1 aromatic rings. The van der Waals surface area contributed by atoms with E-state index in [1.54, 1.807) is 31.2 Å². The van der Waals surface area contributed by atoms with Crippen LogP contribution < -0.4 is 10.1 Å². The molecule has 1 atom stereocenters. The molecule has 0 aromatic heterocycles. The molecule has 1 unspecified atom stereocenters. The van der Waals surface area contributed by atoms with Gasteiger partial charge in [-0.3, -0.25) is 0 Å². The van der Waals surface area contributed by atoms with E-state index in [2.05, 4.69) is 5.32 Å². The van der Waals surface area contributed by atoms with Gasteiger partial charge in [-0.1, -0.05) is 18.2 Å². The number of hydrogen-bond donors (Lipinski definition) is 1. The summed E-state index contributed by atoms with van der Waals surface area (Å²) in [5, 5.41) is 2.41. The van der Waals surface area contributed by atoms with Gasteiger partial charge in [0.1, 0.15) is 5.75 Å². The van der Waals surface area contributed by atoms with Gasteiger partial charge in [0, 0.05) is 11.6 Å². The minimum Gasteiger partial charge on any atom is -0.496 e. The van der Waals surface area contributed by atoms with Gasteiger partial charge in [0.15, 0.2) is 0 Å². The maximum Gasteiger partial charge on any atom is 0.401 e. The van der Waals surface area contributed by atoms with Crippen LogP contribution in [-0.2, 0) is 0 Å². The van der Waals surface area contributed by atoms with Crippen LogP contribution in [0.2, 0.25) is 0 Å². The van der Waals surface area contributed by atoms with Crippen LogP contribution in [0.4, 0.5) is 13.2 Å². The third kappa shape index (κ3) is 3.73. The summed E-state index contributed by atoms with van der Waals surface area (Å²) < 4.78 is 41.1. The highest BCUT2D eigenvalue weighted by Gasteiger charge is 2.27. The zero-order valence-electron chi connectivity index (χ0n) is 9.14. The quantitative estimate of drug-likeness (QED) is 0.863. The maximum absolute atomic E-state index is 12.0. The number of benzene rings is 1. The predicted molar refractivity (Wildman–Crippen MR) is 55.5 cm³/mol. The smallest absolute Gasteiger partial charge is 0.401 e. The Morgan fingerprint density at radius 3 is 2.50 bits per heavy atom. The third-order valence-electron chi connectivity index (χ3n) is 2.21. The fraction of sp³-hybridized carbons (Fsp3) is 0.455. The lowest BCUT2D eigenvalue weighted by molar-refractivity contribution is -0.126. The van der Waals surface area contributed by atoms with Crippen LogP contribution in [-0.4, -0.2) is 19.8 Å². The van der Waals surface area contributed by atoms with Crippen molar-refractivity contribution in [3.05, 3.63) is 29.8 Å². The van der Waals surface area contributed by atoms with E-state index in [0.717, 1.165) is 0 Å². The Bertz CT molecular complexity index is 338. The summed E-state index contributed by atoms with van der Waals surface area (Å²) >= 11 is 0. The minimum atomic E-state index is -4.20. The molecule has 1 aromatic carbocycles. The van der Waals surface area contributed by atoms with Crippen molar-refractivity contribution in [2.45, 2.75) is 19.1 Å². The van der Waals surface area contributed by atoms with Crippen molar-refractivity contribution in [1.82, 2.24) is 5.32 Å². The summed E-state index contributed by atoms with van der Waals surface area (Å²) in [6.45, 7) is 0.663. The second kappa shape index (κ2) is 5.21. The second-order valence-corrected chi connectivity index (χ2v) is 3.46. The molecule has 0 spiro atoms. The van der Waals surface area contributed by atoms with Crippen molar-refractivity contribution in [2.75, 3.05) is 13.7 Å². The van der Waals surface area contributed by atoms with E-state index in [0.29, 0.717) is 11.3 Å². The zero-order chi connectivity index (χ0) is 12.2. The van der Waals surface area contributed by atoms with Gasteiger partial charge in [0.25, 0.3) is 0 Å². The lowest BCUT2D eigenvalue weighted by Gasteiger charge is -2.18. The van der Waals surface area contributed by atoms with Crippen LogP contribution in [0.1, 0.15) is 18.5 Å². The summed E-state index contributed by atoms with van der Waals surface area (Å²) in [5.74, 6) is 0.588. The zero-order valence-corrected chi connectivity index (χ0v) is 9.14. The van der Waals surface area contributed by atoms with E-state index in [1.807, 2.05) is 0 Å². The molecule has 0 amide bonds. The monoisotopic (exact) mass is 233 g/mol. The maximum atomic E-state index is 12.0. The molecule has 1 rings (SSSR count). The molecule has 0 fully saturated rings. The highest BCUT2D eigenvalue weighted by atomic mass is 19.4. The normalized spacial score (nSPS) is 13.6. The average molecular weight is 233 g/mol. The molecule has 0 radical (unpaired) electrons. The number of ether oxygens (including phenoxy) is 1. The van der Waals surface area contributed by atoms with E-state index in [-0.39, 0.29) is 0 Å². The molecule has 90 valence electrons. The molecule has 2 nitrogen and oxygen atoms in total. The molecule has 16 heavy (non-hydrogen) atoms.